The zero-order valence-electron chi connectivity index (χ0n) is 10.4. The van der Waals surface area contributed by atoms with E-state index in [1.807, 2.05) is 11.4 Å². The van der Waals surface area contributed by atoms with Gasteiger partial charge < -0.3 is 10.4 Å². The third kappa shape index (κ3) is 4.21. The number of carbonyl (C=O) groups is 2. The van der Waals surface area contributed by atoms with Gasteiger partial charge >= 0.3 is 5.97 Å². The van der Waals surface area contributed by atoms with Crippen LogP contribution in [0.5, 0.6) is 0 Å². The molecule has 1 fully saturated rings. The average molecular weight is 302 g/mol. The Hall–Kier alpha value is -1.07. The Balaban J connectivity index is 1.72. The summed E-state index contributed by atoms with van der Waals surface area (Å²) in [6.07, 6.45) is 3.06. The second-order valence-corrected chi connectivity index (χ2v) is 6.28. The van der Waals surface area contributed by atoms with Gasteiger partial charge in [0.1, 0.15) is 0 Å². The first-order valence-corrected chi connectivity index (χ1v) is 7.55. The lowest BCUT2D eigenvalue weighted by molar-refractivity contribution is -0.141. The van der Waals surface area contributed by atoms with Gasteiger partial charge in [-0.2, -0.15) is 0 Å². The quantitative estimate of drug-likeness (QED) is 0.879. The monoisotopic (exact) mass is 301 g/mol. The summed E-state index contributed by atoms with van der Waals surface area (Å²) in [4.78, 5) is 23.7. The number of carboxylic acids is 1. The fourth-order valence-electron chi connectivity index (χ4n) is 2.36. The first-order valence-electron chi connectivity index (χ1n) is 6.29. The minimum atomic E-state index is -0.759. The van der Waals surface area contributed by atoms with Crippen LogP contribution in [0.4, 0.5) is 0 Å². The number of thiophene rings is 1. The predicted molar refractivity (Wildman–Crippen MR) is 74.6 cm³/mol. The van der Waals surface area contributed by atoms with E-state index in [1.165, 1.54) is 0 Å². The van der Waals surface area contributed by atoms with Gasteiger partial charge in [0.25, 0.3) is 0 Å². The number of aliphatic carboxylic acids is 1. The van der Waals surface area contributed by atoms with Gasteiger partial charge in [-0.1, -0.05) is 11.6 Å². The van der Waals surface area contributed by atoms with Gasteiger partial charge in [-0.15, -0.1) is 11.3 Å². The highest BCUT2D eigenvalue weighted by Crippen LogP contribution is 2.26. The largest absolute Gasteiger partial charge is 0.481 e. The van der Waals surface area contributed by atoms with Crippen LogP contribution in [0.25, 0.3) is 0 Å². The molecule has 1 aliphatic rings. The maximum absolute atomic E-state index is 11.8. The van der Waals surface area contributed by atoms with Crippen molar-refractivity contribution in [1.29, 1.82) is 0 Å². The van der Waals surface area contributed by atoms with Gasteiger partial charge in [-0.3, -0.25) is 9.59 Å². The molecular formula is C13H16ClNO3S. The maximum atomic E-state index is 11.8. The van der Waals surface area contributed by atoms with E-state index in [0.29, 0.717) is 30.7 Å². The lowest BCUT2D eigenvalue weighted by atomic mass is 10.1. The summed E-state index contributed by atoms with van der Waals surface area (Å²) >= 11 is 7.36. The fraction of sp³-hybridized carbons (Fsp3) is 0.538. The van der Waals surface area contributed by atoms with Crippen LogP contribution in [0.2, 0.25) is 5.02 Å². The molecule has 2 N–H and O–H groups in total. The molecule has 6 heteroatoms. The molecule has 4 nitrogen and oxygen atoms in total. The van der Waals surface area contributed by atoms with Crippen molar-refractivity contribution < 1.29 is 14.7 Å². The summed E-state index contributed by atoms with van der Waals surface area (Å²) in [6, 6.07) is 1.88. The molecule has 1 heterocycles. The molecule has 0 aromatic carbocycles. The van der Waals surface area contributed by atoms with Crippen LogP contribution in [0.1, 0.15) is 30.6 Å². The number of rotatable bonds is 5. The molecule has 0 spiro atoms. The Kier molecular flexibility index (Phi) is 4.82. The highest BCUT2D eigenvalue weighted by Gasteiger charge is 2.30. The summed E-state index contributed by atoms with van der Waals surface area (Å²) < 4.78 is 0. The molecule has 0 bridgehead atoms. The van der Waals surface area contributed by atoms with E-state index in [1.54, 1.807) is 11.3 Å². The lowest BCUT2D eigenvalue weighted by Gasteiger charge is -2.12. The minimum absolute atomic E-state index is 0.0134. The number of halogens is 1. The number of nitrogens with one attached hydrogen (secondary N) is 1. The number of hydrogen-bond donors (Lipinski definition) is 2. The number of hydrogen-bond acceptors (Lipinski definition) is 3. The fourth-order valence-corrected chi connectivity index (χ4v) is 3.44. The molecule has 0 saturated heterocycles. The zero-order chi connectivity index (χ0) is 13.8. The van der Waals surface area contributed by atoms with Crippen molar-refractivity contribution in [3.63, 3.8) is 0 Å². The average Bonchev–Trinajstić information content (AvgIpc) is 2.96. The standard InChI is InChI=1S/C13H16ClNO3S/c14-9-6-11(19-7-9)3-4-12(16)15-10-2-1-8(5-10)13(17)18/h6-8,10H,1-5H2,(H,15,16)(H,17,18)/t8-,10+/m0/s1. The Bertz CT molecular complexity index is 474. The molecule has 104 valence electrons. The van der Waals surface area contributed by atoms with Crippen LogP contribution in [0.3, 0.4) is 0 Å². The van der Waals surface area contributed by atoms with Crippen molar-refractivity contribution >= 4 is 34.8 Å². The first-order chi connectivity index (χ1) is 9.04. The van der Waals surface area contributed by atoms with E-state index in [4.69, 9.17) is 16.7 Å². The normalized spacial score (nSPS) is 22.4. The SMILES string of the molecule is O=C(CCc1cc(Cl)cs1)N[C@@H]1CC[C@H](C(=O)O)C1. The van der Waals surface area contributed by atoms with Crippen LogP contribution < -0.4 is 5.32 Å². The molecule has 2 rings (SSSR count). The maximum Gasteiger partial charge on any atom is 0.306 e. The summed E-state index contributed by atoms with van der Waals surface area (Å²) in [5.41, 5.74) is 0. The van der Waals surface area contributed by atoms with Crippen molar-refractivity contribution in [3.8, 4) is 0 Å². The third-order valence-corrected chi connectivity index (χ3v) is 4.71. The Morgan fingerprint density at radius 1 is 1.47 bits per heavy atom. The van der Waals surface area contributed by atoms with Gasteiger partial charge in [0.05, 0.1) is 10.9 Å². The van der Waals surface area contributed by atoms with Gasteiger partial charge in [0.15, 0.2) is 0 Å². The van der Waals surface area contributed by atoms with Gasteiger partial charge in [-0.25, -0.2) is 0 Å². The van der Waals surface area contributed by atoms with E-state index in [2.05, 4.69) is 5.32 Å². The van der Waals surface area contributed by atoms with Crippen molar-refractivity contribution in [3.05, 3.63) is 21.3 Å². The Labute approximate surface area is 120 Å². The number of carbonyl (C=O) groups excluding carboxylic acids is 1. The molecule has 0 unspecified atom stereocenters. The summed E-state index contributed by atoms with van der Waals surface area (Å²) in [6.45, 7) is 0. The molecule has 1 saturated carbocycles. The molecule has 19 heavy (non-hydrogen) atoms. The molecule has 0 aliphatic heterocycles. The van der Waals surface area contributed by atoms with Crippen LogP contribution in [-0.2, 0) is 16.0 Å². The molecular weight excluding hydrogens is 286 g/mol. The van der Waals surface area contributed by atoms with Crippen molar-refractivity contribution in [2.45, 2.75) is 38.1 Å². The summed E-state index contributed by atoms with van der Waals surface area (Å²) in [5, 5.41) is 14.4. The minimum Gasteiger partial charge on any atom is -0.481 e. The second-order valence-electron chi connectivity index (χ2n) is 4.84. The van der Waals surface area contributed by atoms with Crippen LogP contribution in [-0.4, -0.2) is 23.0 Å². The molecule has 1 aliphatic carbocycles. The van der Waals surface area contributed by atoms with E-state index in [0.717, 1.165) is 11.3 Å². The number of carboxylic acid groups (broad SMARTS) is 1. The van der Waals surface area contributed by atoms with E-state index in [-0.39, 0.29) is 17.9 Å². The van der Waals surface area contributed by atoms with Crippen LogP contribution in [0.15, 0.2) is 11.4 Å². The summed E-state index contributed by atoms with van der Waals surface area (Å²) in [7, 11) is 0. The van der Waals surface area contributed by atoms with Crippen LogP contribution >= 0.6 is 22.9 Å². The van der Waals surface area contributed by atoms with Crippen LogP contribution in [0, 0.1) is 5.92 Å². The van der Waals surface area contributed by atoms with Gasteiger partial charge in [0.2, 0.25) is 5.91 Å². The molecule has 1 aromatic rings. The topological polar surface area (TPSA) is 66.4 Å². The predicted octanol–water partition coefficient (Wildman–Crippen LogP) is 2.70. The third-order valence-electron chi connectivity index (χ3n) is 3.37. The van der Waals surface area contributed by atoms with Crippen molar-refractivity contribution in [2.75, 3.05) is 0 Å². The highest BCUT2D eigenvalue weighted by molar-refractivity contribution is 7.10. The highest BCUT2D eigenvalue weighted by atomic mass is 35.5. The van der Waals surface area contributed by atoms with E-state index >= 15 is 0 Å². The van der Waals surface area contributed by atoms with E-state index < -0.39 is 5.97 Å². The second kappa shape index (κ2) is 6.39. The summed E-state index contributed by atoms with van der Waals surface area (Å²) in [5.74, 6) is -1.08. The molecule has 2 atom stereocenters. The molecule has 1 amide bonds. The number of aryl methyl sites for hydroxylation is 1. The molecule has 1 aromatic heterocycles. The Morgan fingerprint density at radius 3 is 2.84 bits per heavy atom. The Morgan fingerprint density at radius 2 is 2.26 bits per heavy atom. The van der Waals surface area contributed by atoms with Gasteiger partial charge in [0, 0.05) is 22.7 Å². The van der Waals surface area contributed by atoms with Crippen molar-refractivity contribution in [2.24, 2.45) is 5.92 Å². The van der Waals surface area contributed by atoms with Gasteiger partial charge in [-0.05, 0) is 31.7 Å². The number of amides is 1. The smallest absolute Gasteiger partial charge is 0.306 e. The van der Waals surface area contributed by atoms with E-state index in [9.17, 15) is 9.59 Å². The molecule has 0 radical (unpaired) electrons. The van der Waals surface area contributed by atoms with Crippen molar-refractivity contribution in [1.82, 2.24) is 5.32 Å². The zero-order valence-corrected chi connectivity index (χ0v) is 12.0. The first kappa shape index (κ1) is 14.3. The lowest BCUT2D eigenvalue weighted by Crippen LogP contribution is -2.33.